The van der Waals surface area contributed by atoms with E-state index in [0.717, 1.165) is 14.0 Å². The van der Waals surface area contributed by atoms with Crippen molar-refractivity contribution in [1.82, 2.24) is 9.47 Å². The van der Waals surface area contributed by atoms with Crippen molar-refractivity contribution >= 4 is 37.4 Å². The summed E-state index contributed by atoms with van der Waals surface area (Å²) < 4.78 is 30.2. The first-order valence-corrected chi connectivity index (χ1v) is 8.34. The molecule has 2 aromatic heterocycles. The summed E-state index contributed by atoms with van der Waals surface area (Å²) >= 11 is 4.95. The first-order valence-electron chi connectivity index (χ1n) is 6.73. The minimum atomic E-state index is -2.59. The molecule has 0 radical (unpaired) electrons. The third-order valence-corrected chi connectivity index (χ3v) is 5.73. The number of thiophene rings is 1. The van der Waals surface area contributed by atoms with Crippen molar-refractivity contribution in [3.63, 3.8) is 0 Å². The van der Waals surface area contributed by atoms with Crippen LogP contribution < -0.4 is 5.56 Å². The molecule has 3 nitrogen and oxygen atoms in total. The molecule has 21 heavy (non-hydrogen) atoms. The molecular formula is C14H15BrF2N2OS. The predicted molar refractivity (Wildman–Crippen MR) is 84.2 cm³/mol. The van der Waals surface area contributed by atoms with Gasteiger partial charge in [-0.15, -0.1) is 11.3 Å². The van der Waals surface area contributed by atoms with E-state index in [1.165, 1.54) is 15.9 Å². The molecule has 0 aliphatic carbocycles. The molecule has 114 valence electrons. The lowest BCUT2D eigenvalue weighted by atomic mass is 10.1. The van der Waals surface area contributed by atoms with E-state index in [4.69, 9.17) is 0 Å². The number of pyridine rings is 1. The van der Waals surface area contributed by atoms with Crippen LogP contribution in [-0.2, 0) is 13.6 Å². The molecule has 1 aliphatic rings. The van der Waals surface area contributed by atoms with Crippen molar-refractivity contribution in [2.75, 3.05) is 13.1 Å². The second-order valence-corrected chi connectivity index (χ2v) is 7.51. The fraction of sp³-hybridized carbons (Fsp3) is 0.500. The third kappa shape index (κ3) is 3.05. The Morgan fingerprint density at radius 1 is 1.48 bits per heavy atom. The van der Waals surface area contributed by atoms with Crippen molar-refractivity contribution in [2.24, 2.45) is 7.05 Å². The molecule has 0 N–H and O–H groups in total. The molecule has 3 rings (SSSR count). The Morgan fingerprint density at radius 3 is 2.95 bits per heavy atom. The molecule has 0 bridgehead atoms. The summed E-state index contributed by atoms with van der Waals surface area (Å²) in [5.41, 5.74) is -0.0559. The predicted octanol–water partition coefficient (Wildman–Crippen LogP) is 3.59. The van der Waals surface area contributed by atoms with Gasteiger partial charge in [0.25, 0.3) is 11.5 Å². The molecule has 1 saturated heterocycles. The van der Waals surface area contributed by atoms with Gasteiger partial charge >= 0.3 is 0 Å². The molecule has 0 aromatic carbocycles. The number of hydrogen-bond acceptors (Lipinski definition) is 3. The second-order valence-electron chi connectivity index (χ2n) is 5.52. The average Bonchev–Trinajstić information content (AvgIpc) is 2.79. The summed E-state index contributed by atoms with van der Waals surface area (Å²) in [5.74, 6) is -2.59. The van der Waals surface area contributed by atoms with E-state index in [2.05, 4.69) is 15.9 Å². The maximum atomic E-state index is 13.4. The smallest absolute Gasteiger partial charge is 0.260 e. The minimum absolute atomic E-state index is 0.0258. The van der Waals surface area contributed by atoms with Gasteiger partial charge in [-0.2, -0.15) is 0 Å². The number of piperidine rings is 1. The highest BCUT2D eigenvalue weighted by Gasteiger charge is 2.35. The zero-order chi connectivity index (χ0) is 15.2. The normalized spacial score (nSPS) is 19.2. The van der Waals surface area contributed by atoms with Crippen LogP contribution in [0.25, 0.3) is 10.1 Å². The van der Waals surface area contributed by atoms with Gasteiger partial charge in [-0.25, -0.2) is 8.78 Å². The average molecular weight is 377 g/mol. The van der Waals surface area contributed by atoms with E-state index >= 15 is 0 Å². The highest BCUT2D eigenvalue weighted by atomic mass is 79.9. The number of aromatic nitrogens is 1. The first-order chi connectivity index (χ1) is 9.85. The fourth-order valence-electron chi connectivity index (χ4n) is 2.74. The summed E-state index contributed by atoms with van der Waals surface area (Å²) in [5, 5.41) is 0.649. The number of alkyl halides is 2. The SMILES string of the molecule is Cn1cc(Br)c2sc(CN3CCCC(F)(F)C3)cc2c1=O. The Labute approximate surface area is 133 Å². The largest absolute Gasteiger partial charge is 0.317 e. The van der Waals surface area contributed by atoms with Crippen LogP contribution in [0.2, 0.25) is 0 Å². The van der Waals surface area contributed by atoms with E-state index in [1.807, 2.05) is 6.07 Å². The standard InChI is InChI=1S/C14H15BrF2N2OS/c1-18-7-11(15)12-10(13(18)20)5-9(21-12)6-19-4-2-3-14(16,17)8-19/h5,7H,2-4,6,8H2,1H3. The molecule has 0 saturated carbocycles. The van der Waals surface area contributed by atoms with Gasteiger partial charge in [0.15, 0.2) is 0 Å². The summed E-state index contributed by atoms with van der Waals surface area (Å²) in [6.07, 6.45) is 2.23. The maximum absolute atomic E-state index is 13.4. The Morgan fingerprint density at radius 2 is 2.24 bits per heavy atom. The lowest BCUT2D eigenvalue weighted by Gasteiger charge is -2.31. The van der Waals surface area contributed by atoms with E-state index in [9.17, 15) is 13.6 Å². The summed E-state index contributed by atoms with van der Waals surface area (Å²) in [6, 6.07) is 1.83. The van der Waals surface area contributed by atoms with Crippen molar-refractivity contribution in [3.8, 4) is 0 Å². The van der Waals surface area contributed by atoms with Gasteiger partial charge in [-0.3, -0.25) is 9.69 Å². The van der Waals surface area contributed by atoms with Crippen molar-refractivity contribution in [2.45, 2.75) is 25.3 Å². The van der Waals surface area contributed by atoms with Gasteiger partial charge in [0.1, 0.15) is 0 Å². The number of hydrogen-bond donors (Lipinski definition) is 0. The first kappa shape index (κ1) is 15.1. The fourth-order valence-corrected chi connectivity index (χ4v) is 4.59. The Balaban J connectivity index is 1.90. The second kappa shape index (κ2) is 5.44. The highest BCUT2D eigenvalue weighted by molar-refractivity contribution is 9.10. The highest BCUT2D eigenvalue weighted by Crippen LogP contribution is 2.32. The summed E-state index contributed by atoms with van der Waals surface area (Å²) in [4.78, 5) is 14.8. The topological polar surface area (TPSA) is 25.2 Å². The van der Waals surface area contributed by atoms with E-state index in [0.29, 0.717) is 24.9 Å². The molecule has 3 heterocycles. The number of nitrogens with zero attached hydrogens (tertiary/aromatic N) is 2. The Kier molecular flexibility index (Phi) is 3.92. The molecule has 1 fully saturated rings. The van der Waals surface area contributed by atoms with Crippen LogP contribution in [0.3, 0.4) is 0 Å². The van der Waals surface area contributed by atoms with E-state index in [-0.39, 0.29) is 18.5 Å². The van der Waals surface area contributed by atoms with Crippen LogP contribution in [-0.4, -0.2) is 28.5 Å². The minimum Gasteiger partial charge on any atom is -0.317 e. The third-order valence-electron chi connectivity index (χ3n) is 3.71. The van der Waals surface area contributed by atoms with Crippen LogP contribution in [0, 0.1) is 0 Å². The van der Waals surface area contributed by atoms with Gasteiger partial charge < -0.3 is 4.57 Å². The van der Waals surface area contributed by atoms with Gasteiger partial charge in [0.2, 0.25) is 0 Å². The zero-order valence-corrected chi connectivity index (χ0v) is 13.9. The molecule has 7 heteroatoms. The Hall–Kier alpha value is -0.790. The van der Waals surface area contributed by atoms with Crippen molar-refractivity contribution < 1.29 is 8.78 Å². The Bertz CT molecular complexity index is 740. The monoisotopic (exact) mass is 376 g/mol. The quantitative estimate of drug-likeness (QED) is 0.799. The van der Waals surface area contributed by atoms with E-state index in [1.54, 1.807) is 18.1 Å². The molecule has 2 aromatic rings. The number of halogens is 3. The maximum Gasteiger partial charge on any atom is 0.260 e. The van der Waals surface area contributed by atoms with Crippen molar-refractivity contribution in [1.29, 1.82) is 0 Å². The molecule has 1 aliphatic heterocycles. The summed E-state index contributed by atoms with van der Waals surface area (Å²) in [6.45, 7) is 0.966. The molecule has 0 atom stereocenters. The molecule has 0 unspecified atom stereocenters. The van der Waals surface area contributed by atoms with Crippen LogP contribution in [0.1, 0.15) is 17.7 Å². The number of fused-ring (bicyclic) bond motifs is 1. The molecule has 0 spiro atoms. The molecular weight excluding hydrogens is 362 g/mol. The number of rotatable bonds is 2. The number of aryl methyl sites for hydroxylation is 1. The van der Waals surface area contributed by atoms with Crippen molar-refractivity contribution in [3.05, 3.63) is 32.0 Å². The van der Waals surface area contributed by atoms with Gasteiger partial charge in [-0.05, 0) is 35.0 Å². The van der Waals surface area contributed by atoms with Gasteiger partial charge in [-0.1, -0.05) is 0 Å². The van der Waals surface area contributed by atoms with Crippen LogP contribution >= 0.6 is 27.3 Å². The van der Waals surface area contributed by atoms with Crippen LogP contribution in [0.15, 0.2) is 21.5 Å². The lowest BCUT2D eigenvalue weighted by Crippen LogP contribution is -2.41. The van der Waals surface area contributed by atoms with E-state index < -0.39 is 5.92 Å². The summed E-state index contributed by atoms with van der Waals surface area (Å²) in [7, 11) is 1.70. The van der Waals surface area contributed by atoms with Crippen LogP contribution in [0.4, 0.5) is 8.78 Å². The lowest BCUT2D eigenvalue weighted by molar-refractivity contribution is -0.0658. The van der Waals surface area contributed by atoms with Gasteiger partial charge in [0, 0.05) is 31.1 Å². The molecule has 0 amide bonds. The zero-order valence-electron chi connectivity index (χ0n) is 11.5. The van der Waals surface area contributed by atoms with Crippen LogP contribution in [0.5, 0.6) is 0 Å². The van der Waals surface area contributed by atoms with Gasteiger partial charge in [0.05, 0.1) is 21.1 Å². The number of likely N-dealkylation sites (tertiary alicyclic amines) is 1.